The molecule has 2 aromatic carbocycles. The van der Waals surface area contributed by atoms with E-state index in [1.807, 2.05) is 49.4 Å². The summed E-state index contributed by atoms with van der Waals surface area (Å²) >= 11 is 1.59. The maximum absolute atomic E-state index is 11.0. The Morgan fingerprint density at radius 1 is 1.21 bits per heavy atom. The van der Waals surface area contributed by atoms with Crippen molar-refractivity contribution in [3.63, 3.8) is 0 Å². The lowest BCUT2D eigenvalue weighted by molar-refractivity contribution is -0.114. The Hall–Kier alpha value is -1.94. The molecule has 0 spiro atoms. The number of aryl methyl sites for hydroxylation is 1. The number of nitrogens with one attached hydrogen (secondary N) is 1. The first-order valence-electron chi connectivity index (χ1n) is 5.96. The van der Waals surface area contributed by atoms with Gasteiger partial charge >= 0.3 is 0 Å². The fourth-order valence-electron chi connectivity index (χ4n) is 1.73. The van der Waals surface area contributed by atoms with Gasteiger partial charge in [0.2, 0.25) is 5.91 Å². The zero-order valence-electron chi connectivity index (χ0n) is 10.9. The highest BCUT2D eigenvalue weighted by Crippen LogP contribution is 2.33. The van der Waals surface area contributed by atoms with Crippen molar-refractivity contribution in [1.82, 2.24) is 0 Å². The molecule has 1 amide bonds. The van der Waals surface area contributed by atoms with Crippen LogP contribution in [0.25, 0.3) is 0 Å². The SMILES string of the molecule is CC(=O)Nc1cccc(Sc2ccc(C)cc2N)c1. The summed E-state index contributed by atoms with van der Waals surface area (Å²) in [5.74, 6) is -0.0722. The molecule has 0 aliphatic carbocycles. The summed E-state index contributed by atoms with van der Waals surface area (Å²) in [6, 6.07) is 13.7. The number of benzene rings is 2. The van der Waals surface area contributed by atoms with Gasteiger partial charge in [0.15, 0.2) is 0 Å². The van der Waals surface area contributed by atoms with Gasteiger partial charge in [0, 0.05) is 28.1 Å². The zero-order chi connectivity index (χ0) is 13.8. The summed E-state index contributed by atoms with van der Waals surface area (Å²) in [6.07, 6.45) is 0. The van der Waals surface area contributed by atoms with Crippen LogP contribution in [-0.4, -0.2) is 5.91 Å². The van der Waals surface area contributed by atoms with Crippen molar-refractivity contribution in [2.75, 3.05) is 11.1 Å². The molecule has 2 aromatic rings. The summed E-state index contributed by atoms with van der Waals surface area (Å²) in [6.45, 7) is 3.51. The Bertz CT molecular complexity index is 611. The van der Waals surface area contributed by atoms with Crippen LogP contribution in [0.15, 0.2) is 52.3 Å². The quantitative estimate of drug-likeness (QED) is 0.838. The number of nitrogens with two attached hydrogens (primary N) is 1. The maximum atomic E-state index is 11.0. The fourth-order valence-corrected chi connectivity index (χ4v) is 2.63. The van der Waals surface area contributed by atoms with Crippen LogP contribution >= 0.6 is 11.8 Å². The van der Waals surface area contributed by atoms with Crippen LogP contribution in [0, 0.1) is 6.92 Å². The van der Waals surface area contributed by atoms with Crippen molar-refractivity contribution in [2.24, 2.45) is 0 Å². The molecule has 0 fully saturated rings. The van der Waals surface area contributed by atoms with E-state index < -0.39 is 0 Å². The van der Waals surface area contributed by atoms with Gasteiger partial charge in [0.25, 0.3) is 0 Å². The fraction of sp³-hybridized carbons (Fsp3) is 0.133. The number of nitrogen functional groups attached to an aromatic ring is 1. The average Bonchev–Trinajstić information content (AvgIpc) is 2.32. The Morgan fingerprint density at radius 3 is 2.68 bits per heavy atom. The van der Waals surface area contributed by atoms with E-state index in [1.54, 1.807) is 11.8 Å². The standard InChI is InChI=1S/C15H16N2OS/c1-10-6-7-15(14(16)8-10)19-13-5-3-4-12(9-13)17-11(2)18/h3-9H,16H2,1-2H3,(H,17,18). The van der Waals surface area contributed by atoms with Crippen LogP contribution < -0.4 is 11.1 Å². The van der Waals surface area contributed by atoms with Crippen molar-refractivity contribution >= 4 is 29.0 Å². The minimum atomic E-state index is -0.0722. The van der Waals surface area contributed by atoms with Gasteiger partial charge in [-0.1, -0.05) is 23.9 Å². The molecule has 0 atom stereocenters. The van der Waals surface area contributed by atoms with Crippen molar-refractivity contribution in [1.29, 1.82) is 0 Å². The number of hydrogen-bond donors (Lipinski definition) is 2. The number of carbonyl (C=O) groups excluding carboxylic acids is 1. The van der Waals surface area contributed by atoms with E-state index >= 15 is 0 Å². The molecular formula is C15H16N2OS. The Kier molecular flexibility index (Phi) is 4.12. The molecule has 98 valence electrons. The normalized spacial score (nSPS) is 10.2. The summed E-state index contributed by atoms with van der Waals surface area (Å²) in [5, 5.41) is 2.77. The Balaban J connectivity index is 2.21. The minimum absolute atomic E-state index is 0.0722. The summed E-state index contributed by atoms with van der Waals surface area (Å²) in [5.41, 5.74) is 8.71. The molecule has 19 heavy (non-hydrogen) atoms. The van der Waals surface area contributed by atoms with E-state index in [0.29, 0.717) is 0 Å². The number of hydrogen-bond acceptors (Lipinski definition) is 3. The highest BCUT2D eigenvalue weighted by molar-refractivity contribution is 7.99. The molecule has 0 aliphatic heterocycles. The second kappa shape index (κ2) is 5.80. The number of rotatable bonds is 3. The van der Waals surface area contributed by atoms with Gasteiger partial charge in [-0.2, -0.15) is 0 Å². The minimum Gasteiger partial charge on any atom is -0.398 e. The van der Waals surface area contributed by atoms with Crippen molar-refractivity contribution in [3.05, 3.63) is 48.0 Å². The first-order valence-corrected chi connectivity index (χ1v) is 6.78. The van der Waals surface area contributed by atoms with Crippen LogP contribution in [0.3, 0.4) is 0 Å². The molecule has 4 heteroatoms. The van der Waals surface area contributed by atoms with E-state index in [0.717, 1.165) is 26.7 Å². The van der Waals surface area contributed by atoms with Gasteiger partial charge in [0.05, 0.1) is 0 Å². The van der Waals surface area contributed by atoms with E-state index in [4.69, 9.17) is 5.73 Å². The number of amides is 1. The number of anilines is 2. The summed E-state index contributed by atoms with van der Waals surface area (Å²) in [7, 11) is 0. The molecule has 0 aromatic heterocycles. The molecular weight excluding hydrogens is 256 g/mol. The van der Waals surface area contributed by atoms with Crippen LogP contribution in [0.5, 0.6) is 0 Å². The topological polar surface area (TPSA) is 55.1 Å². The number of carbonyl (C=O) groups is 1. The largest absolute Gasteiger partial charge is 0.398 e. The molecule has 0 bridgehead atoms. The molecule has 0 saturated carbocycles. The average molecular weight is 272 g/mol. The third-order valence-corrected chi connectivity index (χ3v) is 3.63. The molecule has 3 N–H and O–H groups in total. The van der Waals surface area contributed by atoms with Gasteiger partial charge in [-0.05, 0) is 42.8 Å². The molecule has 2 rings (SSSR count). The Morgan fingerprint density at radius 2 is 2.00 bits per heavy atom. The Labute approximate surface area is 117 Å². The van der Waals surface area contributed by atoms with E-state index in [9.17, 15) is 4.79 Å². The van der Waals surface area contributed by atoms with Gasteiger partial charge in [-0.15, -0.1) is 0 Å². The smallest absolute Gasteiger partial charge is 0.221 e. The third kappa shape index (κ3) is 3.76. The summed E-state index contributed by atoms with van der Waals surface area (Å²) < 4.78 is 0. The first-order chi connectivity index (χ1) is 9.04. The van der Waals surface area contributed by atoms with Gasteiger partial charge in [0.1, 0.15) is 0 Å². The predicted molar refractivity (Wildman–Crippen MR) is 80.5 cm³/mol. The van der Waals surface area contributed by atoms with Crippen LogP contribution in [0.4, 0.5) is 11.4 Å². The van der Waals surface area contributed by atoms with Crippen molar-refractivity contribution < 1.29 is 4.79 Å². The molecule has 0 saturated heterocycles. The maximum Gasteiger partial charge on any atom is 0.221 e. The third-order valence-electron chi connectivity index (χ3n) is 2.55. The van der Waals surface area contributed by atoms with E-state index in [-0.39, 0.29) is 5.91 Å². The van der Waals surface area contributed by atoms with Gasteiger partial charge in [-0.25, -0.2) is 0 Å². The van der Waals surface area contributed by atoms with Gasteiger partial charge < -0.3 is 11.1 Å². The highest BCUT2D eigenvalue weighted by atomic mass is 32.2. The molecule has 0 unspecified atom stereocenters. The van der Waals surface area contributed by atoms with E-state index in [1.165, 1.54) is 6.92 Å². The molecule has 0 heterocycles. The zero-order valence-corrected chi connectivity index (χ0v) is 11.8. The second-order valence-electron chi connectivity index (χ2n) is 4.35. The van der Waals surface area contributed by atoms with E-state index in [2.05, 4.69) is 5.32 Å². The monoisotopic (exact) mass is 272 g/mol. The van der Waals surface area contributed by atoms with Crippen LogP contribution in [0.2, 0.25) is 0 Å². The molecule has 0 aliphatic rings. The molecule has 0 radical (unpaired) electrons. The lowest BCUT2D eigenvalue weighted by atomic mass is 10.2. The lowest BCUT2D eigenvalue weighted by Crippen LogP contribution is -2.05. The first kappa shape index (κ1) is 13.5. The van der Waals surface area contributed by atoms with Gasteiger partial charge in [-0.3, -0.25) is 4.79 Å². The second-order valence-corrected chi connectivity index (χ2v) is 5.47. The molecule has 3 nitrogen and oxygen atoms in total. The van der Waals surface area contributed by atoms with Crippen LogP contribution in [-0.2, 0) is 4.79 Å². The highest BCUT2D eigenvalue weighted by Gasteiger charge is 2.03. The lowest BCUT2D eigenvalue weighted by Gasteiger charge is -2.08. The summed E-state index contributed by atoms with van der Waals surface area (Å²) in [4.78, 5) is 13.1. The van der Waals surface area contributed by atoms with Crippen molar-refractivity contribution in [3.8, 4) is 0 Å². The predicted octanol–water partition coefficient (Wildman–Crippen LogP) is 3.69. The van der Waals surface area contributed by atoms with Crippen molar-refractivity contribution in [2.45, 2.75) is 23.6 Å². The van der Waals surface area contributed by atoms with Crippen LogP contribution in [0.1, 0.15) is 12.5 Å².